The quantitative estimate of drug-likeness (QED) is 0.793. The molecule has 144 valence electrons. The Morgan fingerprint density at radius 2 is 1.85 bits per heavy atom. The highest BCUT2D eigenvalue weighted by molar-refractivity contribution is 7.09. The van der Waals surface area contributed by atoms with Crippen LogP contribution in [0.5, 0.6) is 0 Å². The first kappa shape index (κ1) is 17.4. The fourth-order valence-electron chi connectivity index (χ4n) is 6.22. The molecule has 0 atom stereocenters. The number of rotatable bonds is 5. The van der Waals surface area contributed by atoms with Gasteiger partial charge < -0.3 is 14.8 Å². The van der Waals surface area contributed by atoms with Crippen molar-refractivity contribution in [3.05, 3.63) is 46.4 Å². The number of carbonyl (C=O) groups excluding carboxylic acids is 1. The van der Waals surface area contributed by atoms with E-state index in [4.69, 9.17) is 0 Å². The number of aryl methyl sites for hydroxylation is 1. The van der Waals surface area contributed by atoms with E-state index in [1.165, 1.54) is 49.1 Å². The maximum atomic E-state index is 13.4. The molecule has 0 aliphatic heterocycles. The first-order chi connectivity index (χ1) is 13.1. The van der Waals surface area contributed by atoms with Gasteiger partial charge in [0.2, 0.25) is 0 Å². The van der Waals surface area contributed by atoms with Gasteiger partial charge in [0.05, 0.1) is 13.1 Å². The fourth-order valence-corrected chi connectivity index (χ4v) is 6.94. The Balaban J connectivity index is 1.34. The molecule has 4 aliphatic carbocycles. The zero-order valence-corrected chi connectivity index (χ0v) is 16.9. The highest BCUT2D eigenvalue weighted by Crippen LogP contribution is 2.55. The molecule has 0 saturated heterocycles. The Morgan fingerprint density at radius 3 is 2.41 bits per heavy atom. The lowest BCUT2D eigenvalue weighted by molar-refractivity contribution is -0.0159. The summed E-state index contributed by atoms with van der Waals surface area (Å²) in [5.74, 6) is 2.53. The van der Waals surface area contributed by atoms with Gasteiger partial charge in [-0.1, -0.05) is 6.07 Å². The van der Waals surface area contributed by atoms with Crippen LogP contribution in [0.3, 0.4) is 0 Å². The molecule has 0 aromatic carbocycles. The second-order valence-corrected chi connectivity index (χ2v) is 10.2. The summed E-state index contributed by atoms with van der Waals surface area (Å²) in [7, 11) is 2.05. The Labute approximate surface area is 165 Å². The summed E-state index contributed by atoms with van der Waals surface area (Å²) in [5.41, 5.74) is 1.24. The molecular weight excluding hydrogens is 354 g/mol. The number of aromatic nitrogens is 1. The molecule has 2 aromatic rings. The van der Waals surface area contributed by atoms with Gasteiger partial charge in [0, 0.05) is 29.4 Å². The second kappa shape index (κ2) is 6.69. The van der Waals surface area contributed by atoms with Crippen molar-refractivity contribution >= 4 is 17.4 Å². The van der Waals surface area contributed by atoms with Gasteiger partial charge in [0.25, 0.3) is 0 Å². The molecule has 2 aromatic heterocycles. The number of urea groups is 1. The Kier molecular flexibility index (Phi) is 4.30. The Bertz CT molecular complexity index is 774. The van der Waals surface area contributed by atoms with Gasteiger partial charge in [-0.05, 0) is 79.9 Å². The smallest absolute Gasteiger partial charge is 0.318 e. The molecule has 5 heteroatoms. The molecule has 4 aliphatic rings. The lowest BCUT2D eigenvalue weighted by atomic mass is 9.53. The average molecular weight is 384 g/mol. The van der Waals surface area contributed by atoms with Crippen LogP contribution in [0.4, 0.5) is 4.79 Å². The van der Waals surface area contributed by atoms with Crippen LogP contribution in [0.15, 0.2) is 35.8 Å². The highest BCUT2D eigenvalue weighted by atomic mass is 32.1. The molecule has 4 saturated carbocycles. The molecule has 4 bridgehead atoms. The van der Waals surface area contributed by atoms with E-state index in [0.29, 0.717) is 13.1 Å². The van der Waals surface area contributed by atoms with Crippen molar-refractivity contribution in [2.75, 3.05) is 0 Å². The van der Waals surface area contributed by atoms with Crippen LogP contribution < -0.4 is 5.32 Å². The van der Waals surface area contributed by atoms with E-state index in [0.717, 1.165) is 17.8 Å². The minimum atomic E-state index is 0.0632. The predicted octanol–water partition coefficient (Wildman–Crippen LogP) is 4.77. The normalized spacial score (nSPS) is 31.2. The molecule has 1 N–H and O–H groups in total. The van der Waals surface area contributed by atoms with E-state index < -0.39 is 0 Å². The van der Waals surface area contributed by atoms with E-state index in [1.54, 1.807) is 11.3 Å². The zero-order valence-electron chi connectivity index (χ0n) is 16.1. The maximum absolute atomic E-state index is 13.4. The summed E-state index contributed by atoms with van der Waals surface area (Å²) in [6.45, 7) is 1.33. The van der Waals surface area contributed by atoms with Crippen LogP contribution >= 0.6 is 11.3 Å². The Morgan fingerprint density at radius 1 is 1.15 bits per heavy atom. The van der Waals surface area contributed by atoms with Crippen molar-refractivity contribution in [2.24, 2.45) is 24.8 Å². The average Bonchev–Trinajstić information content (AvgIpc) is 3.25. The summed E-state index contributed by atoms with van der Waals surface area (Å²) < 4.78 is 2.11. The summed E-state index contributed by atoms with van der Waals surface area (Å²) in [6, 6.07) is 8.47. The standard InChI is InChI=1S/C22H29N3OS/c1-24-6-2-4-19(24)14-25(15-20-5-3-7-27-20)21(26)23-22-11-16-8-17(12-22)10-18(9-16)13-22/h2-7,16-18H,8-15H2,1H3,(H,23,26). The number of nitrogens with one attached hydrogen (secondary N) is 1. The molecular formula is C22H29N3OS. The molecule has 4 fully saturated rings. The van der Waals surface area contributed by atoms with Gasteiger partial charge in [-0.3, -0.25) is 0 Å². The second-order valence-electron chi connectivity index (χ2n) is 9.17. The number of amides is 2. The van der Waals surface area contributed by atoms with Crippen molar-refractivity contribution in [1.82, 2.24) is 14.8 Å². The number of hydrogen-bond donors (Lipinski definition) is 1. The van der Waals surface area contributed by atoms with Gasteiger partial charge in [0.15, 0.2) is 0 Å². The van der Waals surface area contributed by atoms with E-state index in [9.17, 15) is 4.79 Å². The van der Waals surface area contributed by atoms with Crippen molar-refractivity contribution in [2.45, 2.75) is 57.2 Å². The molecule has 27 heavy (non-hydrogen) atoms. The molecule has 4 nitrogen and oxygen atoms in total. The molecule has 2 amide bonds. The predicted molar refractivity (Wildman–Crippen MR) is 108 cm³/mol. The fraction of sp³-hybridized carbons (Fsp3) is 0.591. The summed E-state index contributed by atoms with van der Waals surface area (Å²) >= 11 is 1.73. The lowest BCUT2D eigenvalue weighted by Gasteiger charge is -2.57. The first-order valence-electron chi connectivity index (χ1n) is 10.3. The van der Waals surface area contributed by atoms with Crippen LogP contribution in [0.1, 0.15) is 49.1 Å². The largest absolute Gasteiger partial charge is 0.353 e. The maximum Gasteiger partial charge on any atom is 0.318 e. The van der Waals surface area contributed by atoms with E-state index in [2.05, 4.69) is 52.8 Å². The number of thiophene rings is 1. The third-order valence-corrected chi connectivity index (χ3v) is 7.89. The number of carbonyl (C=O) groups is 1. The summed E-state index contributed by atoms with van der Waals surface area (Å²) in [6.07, 6.45) is 9.84. The van der Waals surface area contributed by atoms with Gasteiger partial charge >= 0.3 is 6.03 Å². The highest BCUT2D eigenvalue weighted by Gasteiger charge is 2.51. The van der Waals surface area contributed by atoms with Gasteiger partial charge in [0.1, 0.15) is 0 Å². The summed E-state index contributed by atoms with van der Waals surface area (Å²) in [4.78, 5) is 16.6. The van der Waals surface area contributed by atoms with Gasteiger partial charge in [-0.2, -0.15) is 0 Å². The van der Waals surface area contributed by atoms with Crippen LogP contribution in [0, 0.1) is 17.8 Å². The SMILES string of the molecule is Cn1cccc1CN(Cc1cccs1)C(=O)NC12CC3CC(CC(C3)C1)C2. The minimum absolute atomic E-state index is 0.0632. The molecule has 0 unspecified atom stereocenters. The van der Waals surface area contributed by atoms with Crippen LogP contribution in [-0.2, 0) is 20.1 Å². The van der Waals surface area contributed by atoms with Crippen LogP contribution in [0.25, 0.3) is 0 Å². The van der Waals surface area contributed by atoms with E-state index in [-0.39, 0.29) is 11.6 Å². The molecule has 2 heterocycles. The van der Waals surface area contributed by atoms with Crippen molar-refractivity contribution in [3.8, 4) is 0 Å². The number of nitrogens with zero attached hydrogens (tertiary/aromatic N) is 2. The van der Waals surface area contributed by atoms with Crippen molar-refractivity contribution in [3.63, 3.8) is 0 Å². The lowest BCUT2D eigenvalue weighted by Crippen LogP contribution is -2.61. The van der Waals surface area contributed by atoms with Crippen molar-refractivity contribution < 1.29 is 4.79 Å². The molecule has 0 spiro atoms. The van der Waals surface area contributed by atoms with E-state index in [1.807, 2.05) is 4.90 Å². The van der Waals surface area contributed by atoms with Gasteiger partial charge in [-0.25, -0.2) is 4.79 Å². The Hall–Kier alpha value is -1.75. The van der Waals surface area contributed by atoms with Crippen LogP contribution in [-0.4, -0.2) is 21.0 Å². The third kappa shape index (κ3) is 3.42. The minimum Gasteiger partial charge on any atom is -0.353 e. The topological polar surface area (TPSA) is 37.3 Å². The molecule has 6 rings (SSSR count). The van der Waals surface area contributed by atoms with E-state index >= 15 is 0 Å². The van der Waals surface area contributed by atoms with Crippen molar-refractivity contribution in [1.29, 1.82) is 0 Å². The van der Waals surface area contributed by atoms with Crippen LogP contribution in [0.2, 0.25) is 0 Å². The third-order valence-electron chi connectivity index (χ3n) is 7.03. The summed E-state index contributed by atoms with van der Waals surface area (Å²) in [5, 5.41) is 5.64. The molecule has 0 radical (unpaired) electrons. The number of hydrogen-bond acceptors (Lipinski definition) is 2. The zero-order chi connectivity index (χ0) is 18.4. The first-order valence-corrected chi connectivity index (χ1v) is 11.2. The monoisotopic (exact) mass is 383 g/mol. The van der Waals surface area contributed by atoms with Gasteiger partial charge in [-0.15, -0.1) is 11.3 Å².